The molecule has 0 aliphatic carbocycles. The standard InChI is InChI=1S/C23H23N3O/c24-20-13-11-19(12-14-20)23(27)26-16-15-25(21-9-5-2-6-10-21)17-22(26)18-7-3-1-4-8-18/h1-14,22H,15-17,24H2. The summed E-state index contributed by atoms with van der Waals surface area (Å²) in [5, 5.41) is 0. The van der Waals surface area contributed by atoms with Gasteiger partial charge in [-0.05, 0) is 42.0 Å². The maximum Gasteiger partial charge on any atom is 0.254 e. The molecule has 0 spiro atoms. The first-order valence-corrected chi connectivity index (χ1v) is 9.24. The Bertz CT molecular complexity index is 894. The van der Waals surface area contributed by atoms with E-state index in [-0.39, 0.29) is 11.9 Å². The Balaban J connectivity index is 1.64. The Morgan fingerprint density at radius 1 is 0.815 bits per heavy atom. The summed E-state index contributed by atoms with van der Waals surface area (Å²) in [6.07, 6.45) is 0. The van der Waals surface area contributed by atoms with E-state index in [2.05, 4.69) is 41.3 Å². The second-order valence-corrected chi connectivity index (χ2v) is 6.83. The van der Waals surface area contributed by atoms with Gasteiger partial charge in [-0.15, -0.1) is 0 Å². The molecule has 1 aliphatic rings. The molecule has 0 saturated carbocycles. The zero-order chi connectivity index (χ0) is 18.6. The van der Waals surface area contributed by atoms with E-state index >= 15 is 0 Å². The van der Waals surface area contributed by atoms with E-state index in [1.165, 1.54) is 5.69 Å². The van der Waals surface area contributed by atoms with Gasteiger partial charge >= 0.3 is 0 Å². The maximum atomic E-state index is 13.2. The van der Waals surface area contributed by atoms with Gasteiger partial charge < -0.3 is 15.5 Å². The fraction of sp³-hybridized carbons (Fsp3) is 0.174. The second kappa shape index (κ2) is 7.54. The summed E-state index contributed by atoms with van der Waals surface area (Å²) < 4.78 is 0. The van der Waals surface area contributed by atoms with Gasteiger partial charge in [0.25, 0.3) is 5.91 Å². The minimum Gasteiger partial charge on any atom is -0.399 e. The predicted molar refractivity (Wildman–Crippen MR) is 110 cm³/mol. The molecule has 4 nitrogen and oxygen atoms in total. The molecule has 0 aromatic heterocycles. The van der Waals surface area contributed by atoms with Crippen LogP contribution in [-0.4, -0.2) is 30.4 Å². The minimum atomic E-state index is 0.00482. The van der Waals surface area contributed by atoms with Crippen molar-refractivity contribution in [3.05, 3.63) is 96.1 Å². The molecular weight excluding hydrogens is 334 g/mol. The molecule has 1 fully saturated rings. The van der Waals surface area contributed by atoms with Crippen molar-refractivity contribution in [2.75, 3.05) is 30.3 Å². The van der Waals surface area contributed by atoms with Gasteiger partial charge in [0, 0.05) is 36.6 Å². The average Bonchev–Trinajstić information content (AvgIpc) is 2.75. The maximum absolute atomic E-state index is 13.2. The average molecular weight is 357 g/mol. The normalized spacial score (nSPS) is 17.0. The first kappa shape index (κ1) is 17.2. The van der Waals surface area contributed by atoms with Crippen molar-refractivity contribution in [2.24, 2.45) is 0 Å². The van der Waals surface area contributed by atoms with Gasteiger partial charge in [0.15, 0.2) is 0 Å². The van der Waals surface area contributed by atoms with Crippen molar-refractivity contribution < 1.29 is 4.79 Å². The lowest BCUT2D eigenvalue weighted by atomic mass is 10.0. The number of carbonyl (C=O) groups is 1. The summed E-state index contributed by atoms with van der Waals surface area (Å²) in [7, 11) is 0. The van der Waals surface area contributed by atoms with Gasteiger partial charge in [-0.2, -0.15) is 0 Å². The van der Waals surface area contributed by atoms with Gasteiger partial charge in [0.05, 0.1) is 6.04 Å². The highest BCUT2D eigenvalue weighted by Crippen LogP contribution is 2.30. The van der Waals surface area contributed by atoms with Gasteiger partial charge in [-0.25, -0.2) is 0 Å². The molecule has 1 atom stereocenters. The van der Waals surface area contributed by atoms with E-state index in [1.54, 1.807) is 12.1 Å². The molecule has 136 valence electrons. The number of hydrogen-bond acceptors (Lipinski definition) is 3. The summed E-state index contributed by atoms with van der Waals surface area (Å²) in [6.45, 7) is 2.26. The summed E-state index contributed by atoms with van der Waals surface area (Å²) in [6, 6.07) is 27.8. The minimum absolute atomic E-state index is 0.00482. The van der Waals surface area contributed by atoms with Crippen LogP contribution in [0.3, 0.4) is 0 Å². The van der Waals surface area contributed by atoms with Gasteiger partial charge in [0.1, 0.15) is 0 Å². The largest absolute Gasteiger partial charge is 0.399 e. The third kappa shape index (κ3) is 3.65. The molecule has 1 aliphatic heterocycles. The lowest BCUT2D eigenvalue weighted by molar-refractivity contribution is 0.0655. The quantitative estimate of drug-likeness (QED) is 0.722. The number of hydrogen-bond donors (Lipinski definition) is 1. The molecule has 0 bridgehead atoms. The lowest BCUT2D eigenvalue weighted by Gasteiger charge is -2.42. The molecule has 0 radical (unpaired) electrons. The van der Waals surface area contributed by atoms with Crippen molar-refractivity contribution in [3.8, 4) is 0 Å². The Kier molecular flexibility index (Phi) is 4.79. The highest BCUT2D eigenvalue weighted by Gasteiger charge is 2.32. The molecule has 3 aromatic carbocycles. The third-order valence-corrected chi connectivity index (χ3v) is 5.10. The summed E-state index contributed by atoms with van der Waals surface area (Å²) >= 11 is 0. The molecule has 2 N–H and O–H groups in total. The molecule has 27 heavy (non-hydrogen) atoms. The van der Waals surface area contributed by atoms with E-state index in [4.69, 9.17) is 5.73 Å². The number of nitrogens with zero attached hydrogens (tertiary/aromatic N) is 2. The lowest BCUT2D eigenvalue weighted by Crippen LogP contribution is -2.50. The number of amides is 1. The Labute approximate surface area is 159 Å². The molecule has 1 amide bonds. The van der Waals surface area contributed by atoms with Crippen LogP contribution in [0.1, 0.15) is 22.0 Å². The number of carbonyl (C=O) groups excluding carboxylic acids is 1. The van der Waals surface area contributed by atoms with Crippen LogP contribution in [0.5, 0.6) is 0 Å². The van der Waals surface area contributed by atoms with Crippen molar-refractivity contribution in [2.45, 2.75) is 6.04 Å². The SMILES string of the molecule is Nc1ccc(C(=O)N2CCN(c3ccccc3)CC2c2ccccc2)cc1. The van der Waals surface area contributed by atoms with Crippen molar-refractivity contribution in [3.63, 3.8) is 0 Å². The third-order valence-electron chi connectivity index (χ3n) is 5.10. The predicted octanol–water partition coefficient (Wildman–Crippen LogP) is 3.97. The molecule has 4 rings (SSSR count). The number of piperazine rings is 1. The molecule has 4 heteroatoms. The molecule has 3 aromatic rings. The fourth-order valence-electron chi connectivity index (χ4n) is 3.65. The van der Waals surface area contributed by atoms with Gasteiger partial charge in [-0.3, -0.25) is 4.79 Å². The van der Waals surface area contributed by atoms with Crippen LogP contribution >= 0.6 is 0 Å². The van der Waals surface area contributed by atoms with Crippen molar-refractivity contribution >= 4 is 17.3 Å². The first-order chi connectivity index (χ1) is 13.2. The molecule has 1 saturated heterocycles. The monoisotopic (exact) mass is 357 g/mol. The zero-order valence-electron chi connectivity index (χ0n) is 15.2. The van der Waals surface area contributed by atoms with E-state index < -0.39 is 0 Å². The number of nitrogen functional groups attached to an aromatic ring is 1. The van der Waals surface area contributed by atoms with E-state index in [9.17, 15) is 4.79 Å². The molecule has 1 heterocycles. The van der Waals surface area contributed by atoms with Crippen molar-refractivity contribution in [1.29, 1.82) is 0 Å². The highest BCUT2D eigenvalue weighted by atomic mass is 16.2. The fourth-order valence-corrected chi connectivity index (χ4v) is 3.65. The van der Waals surface area contributed by atoms with Crippen LogP contribution < -0.4 is 10.6 Å². The van der Waals surface area contributed by atoms with Crippen LogP contribution in [0, 0.1) is 0 Å². The topological polar surface area (TPSA) is 49.6 Å². The molecule has 1 unspecified atom stereocenters. The number of benzene rings is 3. The summed E-state index contributed by atoms with van der Waals surface area (Å²) in [5.74, 6) is 0.0524. The van der Waals surface area contributed by atoms with E-state index in [0.29, 0.717) is 17.8 Å². The Morgan fingerprint density at radius 2 is 1.44 bits per heavy atom. The van der Waals surface area contributed by atoms with Crippen LogP contribution in [0.15, 0.2) is 84.9 Å². The van der Waals surface area contributed by atoms with Crippen LogP contribution in [0.2, 0.25) is 0 Å². The highest BCUT2D eigenvalue weighted by molar-refractivity contribution is 5.95. The first-order valence-electron chi connectivity index (χ1n) is 9.24. The molecular formula is C23H23N3O. The Hall–Kier alpha value is -3.27. The number of rotatable bonds is 3. The number of para-hydroxylation sites is 1. The number of anilines is 2. The smallest absolute Gasteiger partial charge is 0.254 e. The number of nitrogens with two attached hydrogens (primary N) is 1. The Morgan fingerprint density at radius 3 is 2.11 bits per heavy atom. The van der Waals surface area contributed by atoms with Crippen LogP contribution in [-0.2, 0) is 0 Å². The van der Waals surface area contributed by atoms with Crippen molar-refractivity contribution in [1.82, 2.24) is 4.90 Å². The zero-order valence-corrected chi connectivity index (χ0v) is 15.2. The second-order valence-electron chi connectivity index (χ2n) is 6.83. The van der Waals surface area contributed by atoms with Crippen LogP contribution in [0.25, 0.3) is 0 Å². The summed E-state index contributed by atoms with van der Waals surface area (Å²) in [5.41, 5.74) is 9.47. The van der Waals surface area contributed by atoms with Gasteiger partial charge in [-0.1, -0.05) is 48.5 Å². The van der Waals surface area contributed by atoms with E-state index in [0.717, 1.165) is 18.7 Å². The van der Waals surface area contributed by atoms with E-state index in [1.807, 2.05) is 41.3 Å². The van der Waals surface area contributed by atoms with Gasteiger partial charge in [0.2, 0.25) is 0 Å². The summed E-state index contributed by atoms with van der Waals surface area (Å²) in [4.78, 5) is 17.5. The van der Waals surface area contributed by atoms with Crippen LogP contribution in [0.4, 0.5) is 11.4 Å².